The van der Waals surface area contributed by atoms with Crippen molar-refractivity contribution in [2.75, 3.05) is 5.32 Å². The zero-order valence-electron chi connectivity index (χ0n) is 12.7. The quantitative estimate of drug-likeness (QED) is 0.837. The first-order valence-corrected chi connectivity index (χ1v) is 7.79. The molecule has 0 saturated heterocycles. The highest BCUT2D eigenvalue weighted by Gasteiger charge is 2.14. The third kappa shape index (κ3) is 5.58. The molecule has 114 valence electrons. The van der Waals surface area contributed by atoms with Crippen LogP contribution in [0.4, 0.5) is 5.69 Å². The van der Waals surface area contributed by atoms with E-state index >= 15 is 0 Å². The molecule has 0 spiro atoms. The lowest BCUT2D eigenvalue weighted by atomic mass is 10.1. The van der Waals surface area contributed by atoms with Crippen LogP contribution in [0.15, 0.2) is 24.3 Å². The Kier molecular flexibility index (Phi) is 5.78. The molecule has 0 unspecified atom stereocenters. The van der Waals surface area contributed by atoms with E-state index in [1.165, 1.54) is 32.6 Å². The second kappa shape index (κ2) is 7.81. The highest BCUT2D eigenvalue weighted by molar-refractivity contribution is 5.88. The van der Waals surface area contributed by atoms with Crippen LogP contribution in [0.5, 0.6) is 0 Å². The van der Waals surface area contributed by atoms with Crippen LogP contribution in [0, 0.1) is 0 Å². The third-order valence-corrected chi connectivity index (χ3v) is 3.86. The normalized spacial score (nSPS) is 16.0. The van der Waals surface area contributed by atoms with Gasteiger partial charge in [0.2, 0.25) is 11.8 Å². The molecular formula is C17H24N2O2. The number of rotatable bonds is 4. The fourth-order valence-corrected chi connectivity index (χ4v) is 2.80. The highest BCUT2D eigenvalue weighted by Crippen LogP contribution is 2.17. The van der Waals surface area contributed by atoms with E-state index in [1.54, 1.807) is 0 Å². The van der Waals surface area contributed by atoms with E-state index in [2.05, 4.69) is 10.6 Å². The standard InChI is InChI=1S/C17H24N2O2/c1-13(20)18-16-10-8-14(9-11-16)12-17(21)19-15-6-4-2-3-5-7-15/h8-11,15H,2-7,12H2,1H3,(H,18,20)(H,19,21). The molecule has 2 amide bonds. The van der Waals surface area contributed by atoms with Gasteiger partial charge in [0, 0.05) is 18.7 Å². The molecule has 0 atom stereocenters. The second-order valence-corrected chi connectivity index (χ2v) is 5.81. The summed E-state index contributed by atoms with van der Waals surface area (Å²) in [6, 6.07) is 7.78. The molecule has 0 aliphatic heterocycles. The van der Waals surface area contributed by atoms with Crippen molar-refractivity contribution in [1.29, 1.82) is 0 Å². The van der Waals surface area contributed by atoms with E-state index < -0.39 is 0 Å². The summed E-state index contributed by atoms with van der Waals surface area (Å²) in [7, 11) is 0. The van der Waals surface area contributed by atoms with Crippen LogP contribution in [0.25, 0.3) is 0 Å². The summed E-state index contributed by atoms with van der Waals surface area (Å²) in [4.78, 5) is 23.0. The zero-order valence-corrected chi connectivity index (χ0v) is 12.7. The van der Waals surface area contributed by atoms with Crippen molar-refractivity contribution in [3.8, 4) is 0 Å². The molecular weight excluding hydrogens is 264 g/mol. The van der Waals surface area contributed by atoms with Crippen LogP contribution >= 0.6 is 0 Å². The van der Waals surface area contributed by atoms with Crippen molar-refractivity contribution < 1.29 is 9.59 Å². The predicted molar refractivity (Wildman–Crippen MR) is 84.1 cm³/mol. The molecule has 4 nitrogen and oxygen atoms in total. The molecule has 1 aromatic carbocycles. The molecule has 2 N–H and O–H groups in total. The largest absolute Gasteiger partial charge is 0.353 e. The minimum atomic E-state index is -0.0890. The first-order valence-electron chi connectivity index (χ1n) is 7.79. The number of benzene rings is 1. The van der Waals surface area contributed by atoms with Crippen LogP contribution in [-0.4, -0.2) is 17.9 Å². The van der Waals surface area contributed by atoms with E-state index in [-0.39, 0.29) is 11.8 Å². The van der Waals surface area contributed by atoms with Gasteiger partial charge in [-0.3, -0.25) is 9.59 Å². The lowest BCUT2D eigenvalue weighted by Gasteiger charge is -2.16. The van der Waals surface area contributed by atoms with Gasteiger partial charge in [0.25, 0.3) is 0 Å². The lowest BCUT2D eigenvalue weighted by Crippen LogP contribution is -2.35. The molecule has 21 heavy (non-hydrogen) atoms. The maximum absolute atomic E-state index is 12.1. The maximum atomic E-state index is 12.1. The fraction of sp³-hybridized carbons (Fsp3) is 0.529. The van der Waals surface area contributed by atoms with Gasteiger partial charge in [-0.05, 0) is 30.5 Å². The molecule has 0 bridgehead atoms. The molecule has 1 aliphatic carbocycles. The molecule has 2 rings (SSSR count). The monoisotopic (exact) mass is 288 g/mol. The number of nitrogens with one attached hydrogen (secondary N) is 2. The summed E-state index contributed by atoms with van der Waals surface area (Å²) in [6.07, 6.45) is 7.62. The molecule has 4 heteroatoms. The smallest absolute Gasteiger partial charge is 0.224 e. The van der Waals surface area contributed by atoms with Crippen molar-refractivity contribution in [2.24, 2.45) is 0 Å². The fourth-order valence-electron chi connectivity index (χ4n) is 2.80. The number of anilines is 1. The summed E-state index contributed by atoms with van der Waals surface area (Å²) in [5, 5.41) is 5.86. The molecule has 0 heterocycles. The average molecular weight is 288 g/mol. The van der Waals surface area contributed by atoms with Gasteiger partial charge >= 0.3 is 0 Å². The Hall–Kier alpha value is -1.84. The summed E-state index contributed by atoms with van der Waals surface area (Å²) < 4.78 is 0. The van der Waals surface area contributed by atoms with E-state index in [4.69, 9.17) is 0 Å². The molecule has 0 aromatic heterocycles. The average Bonchev–Trinajstić information content (AvgIpc) is 2.69. The van der Waals surface area contributed by atoms with Crippen molar-refractivity contribution >= 4 is 17.5 Å². The Balaban J connectivity index is 1.82. The van der Waals surface area contributed by atoms with E-state index in [9.17, 15) is 9.59 Å². The highest BCUT2D eigenvalue weighted by atomic mass is 16.2. The van der Waals surface area contributed by atoms with Crippen molar-refractivity contribution in [1.82, 2.24) is 5.32 Å². The summed E-state index contributed by atoms with van der Waals surface area (Å²) >= 11 is 0. The van der Waals surface area contributed by atoms with Crippen LogP contribution in [0.1, 0.15) is 51.0 Å². The van der Waals surface area contributed by atoms with Crippen molar-refractivity contribution in [2.45, 2.75) is 57.9 Å². The van der Waals surface area contributed by atoms with Crippen LogP contribution < -0.4 is 10.6 Å². The van der Waals surface area contributed by atoms with E-state index in [1.807, 2.05) is 24.3 Å². The maximum Gasteiger partial charge on any atom is 0.224 e. The Morgan fingerprint density at radius 3 is 2.24 bits per heavy atom. The summed E-state index contributed by atoms with van der Waals surface area (Å²) in [5.41, 5.74) is 1.73. The molecule has 0 radical (unpaired) electrons. The lowest BCUT2D eigenvalue weighted by molar-refractivity contribution is -0.121. The number of hydrogen-bond donors (Lipinski definition) is 2. The SMILES string of the molecule is CC(=O)Nc1ccc(CC(=O)NC2CCCCCC2)cc1. The first kappa shape index (κ1) is 15.5. The minimum Gasteiger partial charge on any atom is -0.353 e. The van der Waals surface area contributed by atoms with Crippen molar-refractivity contribution in [3.05, 3.63) is 29.8 Å². The Bertz CT molecular complexity index is 474. The number of amides is 2. The van der Waals surface area contributed by atoms with E-state index in [0.717, 1.165) is 24.1 Å². The Morgan fingerprint density at radius 2 is 1.67 bits per heavy atom. The predicted octanol–water partition coefficient (Wildman–Crippen LogP) is 3.03. The van der Waals surface area contributed by atoms with E-state index in [0.29, 0.717) is 12.5 Å². The van der Waals surface area contributed by atoms with Gasteiger partial charge in [-0.15, -0.1) is 0 Å². The molecule has 1 fully saturated rings. The van der Waals surface area contributed by atoms with Crippen molar-refractivity contribution in [3.63, 3.8) is 0 Å². The van der Waals surface area contributed by atoms with Crippen LogP contribution in [0.2, 0.25) is 0 Å². The number of carbonyl (C=O) groups is 2. The second-order valence-electron chi connectivity index (χ2n) is 5.81. The minimum absolute atomic E-state index is 0.0890. The zero-order chi connectivity index (χ0) is 15.1. The molecule has 1 aliphatic rings. The molecule has 1 saturated carbocycles. The molecule has 1 aromatic rings. The van der Waals surface area contributed by atoms with Crippen LogP contribution in [-0.2, 0) is 16.0 Å². The van der Waals surface area contributed by atoms with Gasteiger partial charge in [0.05, 0.1) is 6.42 Å². The Labute approximate surface area is 126 Å². The summed E-state index contributed by atoms with van der Waals surface area (Å²) in [5.74, 6) is 0.00281. The number of carbonyl (C=O) groups excluding carboxylic acids is 2. The van der Waals surface area contributed by atoms with Gasteiger partial charge < -0.3 is 10.6 Å². The third-order valence-electron chi connectivity index (χ3n) is 3.86. The summed E-state index contributed by atoms with van der Waals surface area (Å²) in [6.45, 7) is 1.48. The first-order chi connectivity index (χ1) is 10.1. The van der Waals surface area contributed by atoms with Gasteiger partial charge in [-0.2, -0.15) is 0 Å². The van der Waals surface area contributed by atoms with Gasteiger partial charge in [-0.1, -0.05) is 37.8 Å². The van der Waals surface area contributed by atoms with Crippen LogP contribution in [0.3, 0.4) is 0 Å². The number of hydrogen-bond acceptors (Lipinski definition) is 2. The van der Waals surface area contributed by atoms with Gasteiger partial charge in [0.1, 0.15) is 0 Å². The van der Waals surface area contributed by atoms with Gasteiger partial charge in [-0.25, -0.2) is 0 Å². The topological polar surface area (TPSA) is 58.2 Å². The van der Waals surface area contributed by atoms with Gasteiger partial charge in [0.15, 0.2) is 0 Å². The Morgan fingerprint density at radius 1 is 1.05 bits per heavy atom.